The van der Waals surface area contributed by atoms with Crippen LogP contribution >= 0.6 is 0 Å². The maximum absolute atomic E-state index is 11.0. The van der Waals surface area contributed by atoms with Crippen LogP contribution in [0.5, 0.6) is 0 Å². The molecule has 2 aromatic rings. The molecule has 68 valence electrons. The maximum atomic E-state index is 11.0. The molecule has 0 spiro atoms. The summed E-state index contributed by atoms with van der Waals surface area (Å²) in [4.78, 5) is 14.9. The van der Waals surface area contributed by atoms with Crippen LogP contribution in [0.2, 0.25) is 0 Å². The zero-order valence-electron chi connectivity index (χ0n) is 7.14. The lowest BCUT2D eigenvalue weighted by Crippen LogP contribution is -2.13. The van der Waals surface area contributed by atoms with Gasteiger partial charge < -0.3 is 5.73 Å². The molecule has 5 nitrogen and oxygen atoms in total. The van der Waals surface area contributed by atoms with E-state index in [1.165, 1.54) is 10.8 Å². The number of hydrogen-bond donors (Lipinski definition) is 1. The number of carbonyl (C=O) groups excluding carboxylic acids is 1. The van der Waals surface area contributed by atoms with E-state index in [2.05, 4.69) is 16.0 Å². The van der Waals surface area contributed by atoms with Crippen LogP contribution in [0.25, 0.3) is 5.65 Å². The predicted molar refractivity (Wildman–Crippen MR) is 49.4 cm³/mol. The van der Waals surface area contributed by atoms with Gasteiger partial charge >= 0.3 is 0 Å². The van der Waals surface area contributed by atoms with Gasteiger partial charge in [-0.25, -0.2) is 9.50 Å². The van der Waals surface area contributed by atoms with Crippen LogP contribution in [-0.2, 0) is 0 Å². The number of fused-ring (bicyclic) bond motifs is 1. The van der Waals surface area contributed by atoms with Gasteiger partial charge in [-0.2, -0.15) is 5.10 Å². The van der Waals surface area contributed by atoms with Crippen molar-refractivity contribution in [1.82, 2.24) is 14.6 Å². The first-order chi connectivity index (χ1) is 6.74. The van der Waals surface area contributed by atoms with E-state index in [-0.39, 0.29) is 0 Å². The summed E-state index contributed by atoms with van der Waals surface area (Å²) in [7, 11) is 0. The minimum atomic E-state index is -0.549. The van der Waals surface area contributed by atoms with Crippen molar-refractivity contribution < 1.29 is 4.79 Å². The molecule has 0 aliphatic rings. The number of nitrogens with zero attached hydrogens (tertiary/aromatic N) is 3. The summed E-state index contributed by atoms with van der Waals surface area (Å²) in [5.74, 6) is 1.88. The number of primary amides is 1. The third-order valence-corrected chi connectivity index (χ3v) is 1.84. The Hall–Kier alpha value is -2.35. The highest BCUT2D eigenvalue weighted by Gasteiger charge is 2.10. The van der Waals surface area contributed by atoms with Crippen molar-refractivity contribution in [1.29, 1.82) is 0 Å². The Kier molecular flexibility index (Phi) is 1.68. The van der Waals surface area contributed by atoms with E-state index in [1.807, 2.05) is 0 Å². The Morgan fingerprint density at radius 3 is 3.00 bits per heavy atom. The fourth-order valence-electron chi connectivity index (χ4n) is 1.21. The van der Waals surface area contributed by atoms with E-state index in [0.717, 1.165) is 0 Å². The van der Waals surface area contributed by atoms with Gasteiger partial charge in [0, 0.05) is 0 Å². The number of nitrogens with two attached hydrogens (primary N) is 1. The molecule has 14 heavy (non-hydrogen) atoms. The number of aromatic nitrogens is 3. The van der Waals surface area contributed by atoms with Crippen molar-refractivity contribution in [3.8, 4) is 12.3 Å². The molecule has 5 heteroatoms. The second kappa shape index (κ2) is 2.85. The molecule has 0 aromatic carbocycles. The first-order valence-corrected chi connectivity index (χ1v) is 3.83. The highest BCUT2D eigenvalue weighted by molar-refractivity contribution is 5.98. The van der Waals surface area contributed by atoms with Crippen molar-refractivity contribution in [2.24, 2.45) is 5.73 Å². The van der Waals surface area contributed by atoms with Gasteiger partial charge in [-0.05, 0) is 12.1 Å². The molecule has 0 atom stereocenters. The van der Waals surface area contributed by atoms with E-state index in [4.69, 9.17) is 12.2 Å². The minimum Gasteiger partial charge on any atom is -0.365 e. The quantitative estimate of drug-likeness (QED) is 0.627. The SMILES string of the molecule is C#Cc1ccc(C(N)=O)c2ncnn12. The van der Waals surface area contributed by atoms with Gasteiger partial charge in [-0.15, -0.1) is 6.42 Å². The van der Waals surface area contributed by atoms with Gasteiger partial charge in [0.25, 0.3) is 5.91 Å². The number of pyridine rings is 1. The lowest BCUT2D eigenvalue weighted by atomic mass is 10.2. The molecule has 2 N–H and O–H groups in total. The molecule has 2 rings (SSSR count). The van der Waals surface area contributed by atoms with E-state index in [0.29, 0.717) is 16.9 Å². The predicted octanol–water partition coefficient (Wildman–Crippen LogP) is -0.191. The lowest BCUT2D eigenvalue weighted by Gasteiger charge is -1.99. The first-order valence-electron chi connectivity index (χ1n) is 3.83. The van der Waals surface area contributed by atoms with Crippen molar-refractivity contribution in [3.05, 3.63) is 29.7 Å². The van der Waals surface area contributed by atoms with E-state index >= 15 is 0 Å². The summed E-state index contributed by atoms with van der Waals surface area (Å²) >= 11 is 0. The molecule has 0 saturated heterocycles. The smallest absolute Gasteiger partial charge is 0.252 e. The Morgan fingerprint density at radius 2 is 2.36 bits per heavy atom. The fraction of sp³-hybridized carbons (Fsp3) is 0. The summed E-state index contributed by atoms with van der Waals surface area (Å²) < 4.78 is 1.40. The Labute approximate surface area is 79.6 Å². The van der Waals surface area contributed by atoms with Gasteiger partial charge in [0.1, 0.15) is 12.0 Å². The van der Waals surface area contributed by atoms with Crippen LogP contribution < -0.4 is 5.73 Å². The number of terminal acetylenes is 1. The number of rotatable bonds is 1. The fourth-order valence-corrected chi connectivity index (χ4v) is 1.21. The Bertz CT molecular complexity index is 549. The zero-order valence-corrected chi connectivity index (χ0v) is 7.14. The maximum Gasteiger partial charge on any atom is 0.252 e. The number of hydrogen-bond acceptors (Lipinski definition) is 3. The summed E-state index contributed by atoms with van der Waals surface area (Å²) in [5, 5.41) is 3.89. The van der Waals surface area contributed by atoms with E-state index < -0.39 is 5.91 Å². The average Bonchev–Trinajstić information content (AvgIpc) is 2.64. The number of amides is 1. The molecule has 0 aliphatic carbocycles. The van der Waals surface area contributed by atoms with Crippen molar-refractivity contribution in [2.45, 2.75) is 0 Å². The molecule has 0 radical (unpaired) electrons. The van der Waals surface area contributed by atoms with Crippen LogP contribution in [-0.4, -0.2) is 20.5 Å². The summed E-state index contributed by atoms with van der Waals surface area (Å²) in [5.41, 5.74) is 6.38. The van der Waals surface area contributed by atoms with Crippen LogP contribution in [0.1, 0.15) is 16.1 Å². The van der Waals surface area contributed by atoms with Crippen molar-refractivity contribution >= 4 is 11.6 Å². The molecule has 0 bridgehead atoms. The summed E-state index contributed by atoms with van der Waals surface area (Å²) in [6.07, 6.45) is 6.57. The third kappa shape index (κ3) is 1.02. The van der Waals surface area contributed by atoms with Crippen LogP contribution in [0, 0.1) is 12.3 Å². The molecular formula is C9H6N4O. The standard InChI is InChI=1S/C9H6N4O/c1-2-6-3-4-7(8(10)14)9-11-5-12-13(6)9/h1,3-5H,(H2,10,14). The van der Waals surface area contributed by atoms with Crippen LogP contribution in [0.3, 0.4) is 0 Å². The molecule has 2 heterocycles. The normalized spacial score (nSPS) is 9.93. The minimum absolute atomic E-state index is 0.307. The lowest BCUT2D eigenvalue weighted by molar-refractivity contribution is 0.100. The highest BCUT2D eigenvalue weighted by atomic mass is 16.1. The molecule has 0 saturated carbocycles. The monoisotopic (exact) mass is 186 g/mol. The molecule has 0 unspecified atom stereocenters. The molecule has 2 aromatic heterocycles. The molecule has 0 fully saturated rings. The molecule has 0 aliphatic heterocycles. The number of carbonyl (C=O) groups is 1. The largest absolute Gasteiger partial charge is 0.365 e. The topological polar surface area (TPSA) is 73.3 Å². The summed E-state index contributed by atoms with van der Waals surface area (Å²) in [6, 6.07) is 3.14. The average molecular weight is 186 g/mol. The van der Waals surface area contributed by atoms with E-state index in [9.17, 15) is 4.79 Å². The zero-order chi connectivity index (χ0) is 10.1. The first kappa shape index (κ1) is 8.26. The molecule has 1 amide bonds. The third-order valence-electron chi connectivity index (χ3n) is 1.84. The van der Waals surface area contributed by atoms with Crippen LogP contribution in [0.15, 0.2) is 18.5 Å². The Balaban J connectivity index is 2.87. The van der Waals surface area contributed by atoms with Crippen molar-refractivity contribution in [2.75, 3.05) is 0 Å². The van der Waals surface area contributed by atoms with Crippen molar-refractivity contribution in [3.63, 3.8) is 0 Å². The highest BCUT2D eigenvalue weighted by Crippen LogP contribution is 2.09. The second-order valence-corrected chi connectivity index (χ2v) is 2.64. The van der Waals surface area contributed by atoms with Crippen LogP contribution in [0.4, 0.5) is 0 Å². The van der Waals surface area contributed by atoms with Gasteiger partial charge in [-0.1, -0.05) is 5.92 Å². The summed E-state index contributed by atoms with van der Waals surface area (Å²) in [6.45, 7) is 0. The van der Waals surface area contributed by atoms with Gasteiger partial charge in [0.05, 0.1) is 5.56 Å². The second-order valence-electron chi connectivity index (χ2n) is 2.64. The van der Waals surface area contributed by atoms with Gasteiger partial charge in [-0.3, -0.25) is 4.79 Å². The Morgan fingerprint density at radius 1 is 1.57 bits per heavy atom. The van der Waals surface area contributed by atoms with E-state index in [1.54, 1.807) is 12.1 Å². The van der Waals surface area contributed by atoms with Gasteiger partial charge in [0.2, 0.25) is 0 Å². The van der Waals surface area contributed by atoms with Gasteiger partial charge in [0.15, 0.2) is 5.65 Å². The molecular weight excluding hydrogens is 180 g/mol.